The van der Waals surface area contributed by atoms with Gasteiger partial charge in [0.1, 0.15) is 0 Å². The molecule has 0 heterocycles. The largest absolute Gasteiger partial charge is 0.357 e. The van der Waals surface area contributed by atoms with Gasteiger partial charge >= 0.3 is 0 Å². The number of amides is 1. The van der Waals surface area contributed by atoms with Crippen LogP contribution in [0.1, 0.15) is 53.9 Å². The highest BCUT2D eigenvalue weighted by Crippen LogP contribution is 2.13. The molecule has 1 atom stereocenters. The fraction of sp³-hybridized carbons (Fsp3) is 0.391. The quantitative estimate of drug-likeness (QED) is 0.485. The van der Waals surface area contributed by atoms with Crippen LogP contribution >= 0.6 is 0 Å². The van der Waals surface area contributed by atoms with Gasteiger partial charge in [-0.25, -0.2) is 0 Å². The lowest BCUT2D eigenvalue weighted by Crippen LogP contribution is -2.38. The third kappa shape index (κ3) is 6.41. The number of guanidine groups is 1. The summed E-state index contributed by atoms with van der Waals surface area (Å²) in [6.45, 7) is 7.82. The zero-order chi connectivity index (χ0) is 20.4. The van der Waals surface area contributed by atoms with Gasteiger partial charge in [-0.1, -0.05) is 43.3 Å². The summed E-state index contributed by atoms with van der Waals surface area (Å²) >= 11 is 0. The summed E-state index contributed by atoms with van der Waals surface area (Å²) in [7, 11) is 1.64. The van der Waals surface area contributed by atoms with Crippen LogP contribution < -0.4 is 16.0 Å². The van der Waals surface area contributed by atoms with Crippen LogP contribution in [0.3, 0.4) is 0 Å². The van der Waals surface area contributed by atoms with Gasteiger partial charge in [-0.2, -0.15) is 0 Å². The Hall–Kier alpha value is -2.82. The molecule has 0 radical (unpaired) electrons. The molecule has 2 aromatic rings. The summed E-state index contributed by atoms with van der Waals surface area (Å²) in [4.78, 5) is 16.5. The molecule has 28 heavy (non-hydrogen) atoms. The molecule has 0 saturated carbocycles. The molecule has 1 amide bonds. The molecule has 0 bridgehead atoms. The molecule has 0 saturated heterocycles. The van der Waals surface area contributed by atoms with Crippen molar-refractivity contribution in [3.05, 3.63) is 70.8 Å². The smallest absolute Gasteiger partial charge is 0.251 e. The highest BCUT2D eigenvalue weighted by molar-refractivity contribution is 5.94. The first-order chi connectivity index (χ1) is 13.6. The molecule has 0 aliphatic heterocycles. The van der Waals surface area contributed by atoms with Crippen LogP contribution in [0.15, 0.2) is 53.5 Å². The summed E-state index contributed by atoms with van der Waals surface area (Å²) < 4.78 is 0. The van der Waals surface area contributed by atoms with Gasteiger partial charge in [-0.15, -0.1) is 0 Å². The first kappa shape index (κ1) is 21.5. The number of hydrogen-bond donors (Lipinski definition) is 3. The van der Waals surface area contributed by atoms with Gasteiger partial charge in [0.15, 0.2) is 5.96 Å². The van der Waals surface area contributed by atoms with Gasteiger partial charge in [-0.05, 0) is 55.5 Å². The van der Waals surface area contributed by atoms with E-state index >= 15 is 0 Å². The molecule has 5 heteroatoms. The van der Waals surface area contributed by atoms with Crippen molar-refractivity contribution in [2.75, 3.05) is 20.1 Å². The second-order valence-electron chi connectivity index (χ2n) is 6.75. The first-order valence-corrected chi connectivity index (χ1v) is 10.0. The van der Waals surface area contributed by atoms with Crippen molar-refractivity contribution in [2.24, 2.45) is 4.99 Å². The maximum Gasteiger partial charge on any atom is 0.251 e. The third-order valence-corrected chi connectivity index (χ3v) is 4.67. The topological polar surface area (TPSA) is 65.5 Å². The predicted octanol–water partition coefficient (Wildman–Crippen LogP) is 3.47. The highest BCUT2D eigenvalue weighted by atomic mass is 16.1. The van der Waals surface area contributed by atoms with Gasteiger partial charge in [0.2, 0.25) is 0 Å². The summed E-state index contributed by atoms with van der Waals surface area (Å²) in [5.41, 5.74) is 4.36. The summed E-state index contributed by atoms with van der Waals surface area (Å²) in [6.07, 6.45) is 1.83. The molecule has 2 aromatic carbocycles. The molecule has 0 spiro atoms. The number of hydrogen-bond acceptors (Lipinski definition) is 2. The molecular formula is C23H32N4O. The minimum Gasteiger partial charge on any atom is -0.357 e. The van der Waals surface area contributed by atoms with E-state index in [0.717, 1.165) is 30.9 Å². The van der Waals surface area contributed by atoms with Crippen molar-refractivity contribution in [3.63, 3.8) is 0 Å². The van der Waals surface area contributed by atoms with E-state index in [1.165, 1.54) is 11.1 Å². The Morgan fingerprint density at radius 3 is 2.46 bits per heavy atom. The second kappa shape index (κ2) is 11.1. The Morgan fingerprint density at radius 2 is 1.82 bits per heavy atom. The predicted molar refractivity (Wildman–Crippen MR) is 117 cm³/mol. The van der Waals surface area contributed by atoms with Crippen LogP contribution in [0, 0.1) is 0 Å². The number of benzene rings is 2. The van der Waals surface area contributed by atoms with E-state index in [1.54, 1.807) is 7.05 Å². The van der Waals surface area contributed by atoms with E-state index in [1.807, 2.05) is 24.3 Å². The molecule has 5 nitrogen and oxygen atoms in total. The number of rotatable bonds is 8. The SMILES string of the molecule is CCNC(=NCCc1cccc(C(=O)NC)c1)NC(C)c1ccc(CC)cc1. The Labute approximate surface area is 168 Å². The summed E-state index contributed by atoms with van der Waals surface area (Å²) in [5.74, 6) is 0.736. The Balaban J connectivity index is 1.98. The zero-order valence-electron chi connectivity index (χ0n) is 17.4. The maximum absolute atomic E-state index is 11.8. The lowest BCUT2D eigenvalue weighted by Gasteiger charge is -2.18. The van der Waals surface area contributed by atoms with E-state index < -0.39 is 0 Å². The number of carbonyl (C=O) groups is 1. The number of nitrogens with zero attached hydrogens (tertiary/aromatic N) is 1. The van der Waals surface area contributed by atoms with Crippen molar-refractivity contribution in [3.8, 4) is 0 Å². The van der Waals surface area contributed by atoms with Crippen LogP contribution in [0.5, 0.6) is 0 Å². The van der Waals surface area contributed by atoms with E-state index in [4.69, 9.17) is 4.99 Å². The average molecular weight is 381 g/mol. The molecular weight excluding hydrogens is 348 g/mol. The standard InChI is InChI=1S/C23H32N4O/c1-5-18-10-12-20(13-11-18)17(3)27-23(25-6-2)26-15-14-19-8-7-9-21(16-19)22(28)24-4/h7-13,16-17H,5-6,14-15H2,1-4H3,(H,24,28)(H2,25,26,27). The van der Waals surface area contributed by atoms with Crippen molar-refractivity contribution in [2.45, 2.75) is 39.7 Å². The van der Waals surface area contributed by atoms with Crippen LogP contribution in [0.2, 0.25) is 0 Å². The normalized spacial score (nSPS) is 12.4. The molecule has 0 aromatic heterocycles. The fourth-order valence-electron chi connectivity index (χ4n) is 2.96. The average Bonchev–Trinajstić information content (AvgIpc) is 2.73. The fourth-order valence-corrected chi connectivity index (χ4v) is 2.96. The lowest BCUT2D eigenvalue weighted by molar-refractivity contribution is 0.0963. The molecule has 0 aliphatic rings. The number of aryl methyl sites for hydroxylation is 1. The van der Waals surface area contributed by atoms with E-state index in [0.29, 0.717) is 12.1 Å². The number of nitrogens with one attached hydrogen (secondary N) is 3. The van der Waals surface area contributed by atoms with Gasteiger partial charge in [-0.3, -0.25) is 9.79 Å². The number of aliphatic imine (C=N–C) groups is 1. The highest BCUT2D eigenvalue weighted by Gasteiger charge is 2.08. The van der Waals surface area contributed by atoms with E-state index in [2.05, 4.69) is 61.0 Å². The van der Waals surface area contributed by atoms with Crippen molar-refractivity contribution >= 4 is 11.9 Å². The van der Waals surface area contributed by atoms with Gasteiger partial charge in [0.05, 0.1) is 6.04 Å². The first-order valence-electron chi connectivity index (χ1n) is 10.0. The third-order valence-electron chi connectivity index (χ3n) is 4.67. The lowest BCUT2D eigenvalue weighted by atomic mass is 10.1. The molecule has 2 rings (SSSR count). The van der Waals surface area contributed by atoms with Crippen LogP contribution in [-0.2, 0) is 12.8 Å². The minimum atomic E-state index is -0.0664. The minimum absolute atomic E-state index is 0.0664. The monoisotopic (exact) mass is 380 g/mol. The summed E-state index contributed by atoms with van der Waals surface area (Å²) in [5, 5.41) is 9.43. The maximum atomic E-state index is 11.8. The van der Waals surface area contributed by atoms with E-state index in [9.17, 15) is 4.79 Å². The van der Waals surface area contributed by atoms with Crippen LogP contribution in [0.25, 0.3) is 0 Å². The zero-order valence-corrected chi connectivity index (χ0v) is 17.4. The van der Waals surface area contributed by atoms with Crippen molar-refractivity contribution in [1.29, 1.82) is 0 Å². The van der Waals surface area contributed by atoms with Gasteiger partial charge < -0.3 is 16.0 Å². The Morgan fingerprint density at radius 1 is 1.07 bits per heavy atom. The molecule has 150 valence electrons. The van der Waals surface area contributed by atoms with Gasteiger partial charge in [0, 0.05) is 25.7 Å². The summed E-state index contributed by atoms with van der Waals surface area (Å²) in [6, 6.07) is 16.5. The van der Waals surface area contributed by atoms with E-state index in [-0.39, 0.29) is 11.9 Å². The molecule has 1 unspecified atom stereocenters. The van der Waals surface area contributed by atoms with Crippen molar-refractivity contribution in [1.82, 2.24) is 16.0 Å². The molecule has 0 fully saturated rings. The Bertz CT molecular complexity index is 783. The Kier molecular flexibility index (Phi) is 8.53. The van der Waals surface area contributed by atoms with Gasteiger partial charge in [0.25, 0.3) is 5.91 Å². The van der Waals surface area contributed by atoms with Crippen LogP contribution in [-0.4, -0.2) is 32.0 Å². The number of carbonyl (C=O) groups excluding carboxylic acids is 1. The molecule has 3 N–H and O–H groups in total. The van der Waals surface area contributed by atoms with Crippen molar-refractivity contribution < 1.29 is 4.79 Å². The second-order valence-corrected chi connectivity index (χ2v) is 6.75. The molecule has 0 aliphatic carbocycles. The van der Waals surface area contributed by atoms with Crippen LogP contribution in [0.4, 0.5) is 0 Å².